The molecule has 0 aromatic heterocycles. The Morgan fingerprint density at radius 3 is 2.48 bits per heavy atom. The molecule has 2 rings (SSSR count). The Morgan fingerprint density at radius 1 is 1.24 bits per heavy atom. The fraction of sp³-hybridized carbons (Fsp3) is 0.579. The molecule has 0 amide bonds. The average molecular weight is 456 g/mol. The Hall–Kier alpha value is -1.33. The van der Waals surface area contributed by atoms with Crippen molar-refractivity contribution in [3.05, 3.63) is 35.4 Å². The number of hydrogen-bond donors (Lipinski definition) is 2. The maximum absolute atomic E-state index is 8.84. The lowest BCUT2D eigenvalue weighted by Crippen LogP contribution is -2.43. The molecule has 1 aromatic carbocycles. The maximum Gasteiger partial charge on any atom is 0.191 e. The SMILES string of the molecule is CN=C(NCc1ccc(C#N)cc1)NCC1(CCOC)CCCC1.I. The third-order valence-corrected chi connectivity index (χ3v) is 4.90. The minimum atomic E-state index is 0. The summed E-state index contributed by atoms with van der Waals surface area (Å²) in [6.45, 7) is 2.44. The Labute approximate surface area is 168 Å². The molecule has 138 valence electrons. The van der Waals surface area contributed by atoms with E-state index in [1.54, 1.807) is 14.2 Å². The fourth-order valence-electron chi connectivity index (χ4n) is 3.33. The van der Waals surface area contributed by atoms with E-state index in [0.29, 0.717) is 17.5 Å². The number of methoxy groups -OCH3 is 1. The van der Waals surface area contributed by atoms with E-state index < -0.39 is 0 Å². The molecule has 0 saturated heterocycles. The van der Waals surface area contributed by atoms with Crippen LogP contribution in [0.5, 0.6) is 0 Å². The van der Waals surface area contributed by atoms with Gasteiger partial charge in [-0.15, -0.1) is 24.0 Å². The second-order valence-electron chi connectivity index (χ2n) is 6.54. The third kappa shape index (κ3) is 6.83. The minimum absolute atomic E-state index is 0. The number of rotatable bonds is 7. The lowest BCUT2D eigenvalue weighted by atomic mass is 9.83. The van der Waals surface area contributed by atoms with Gasteiger partial charge in [-0.2, -0.15) is 5.26 Å². The zero-order valence-electron chi connectivity index (χ0n) is 15.2. The lowest BCUT2D eigenvalue weighted by molar-refractivity contribution is 0.138. The van der Waals surface area contributed by atoms with E-state index in [9.17, 15) is 0 Å². The van der Waals surface area contributed by atoms with E-state index in [2.05, 4.69) is 21.7 Å². The van der Waals surface area contributed by atoms with E-state index in [4.69, 9.17) is 10.00 Å². The first-order valence-electron chi connectivity index (χ1n) is 8.64. The van der Waals surface area contributed by atoms with E-state index in [1.165, 1.54) is 25.7 Å². The highest BCUT2D eigenvalue weighted by Gasteiger charge is 2.33. The predicted octanol–water partition coefficient (Wildman–Crippen LogP) is 3.44. The van der Waals surface area contributed by atoms with Crippen LogP contribution < -0.4 is 10.6 Å². The van der Waals surface area contributed by atoms with Crippen molar-refractivity contribution < 1.29 is 4.74 Å². The molecular weight excluding hydrogens is 427 g/mol. The summed E-state index contributed by atoms with van der Waals surface area (Å²) in [6, 6.07) is 9.75. The number of guanidine groups is 1. The van der Waals surface area contributed by atoms with Gasteiger partial charge in [-0.25, -0.2) is 0 Å². The molecule has 0 spiro atoms. The second kappa shape index (κ2) is 11.3. The number of hydrogen-bond acceptors (Lipinski definition) is 3. The number of benzene rings is 1. The largest absolute Gasteiger partial charge is 0.385 e. The summed E-state index contributed by atoms with van der Waals surface area (Å²) in [5.74, 6) is 0.822. The predicted molar refractivity (Wildman–Crippen MR) is 112 cm³/mol. The molecule has 1 aliphatic rings. The van der Waals surface area contributed by atoms with Gasteiger partial charge in [-0.3, -0.25) is 4.99 Å². The molecule has 2 N–H and O–H groups in total. The Morgan fingerprint density at radius 2 is 1.92 bits per heavy atom. The zero-order valence-corrected chi connectivity index (χ0v) is 17.5. The van der Waals surface area contributed by atoms with Crippen LogP contribution in [0.4, 0.5) is 0 Å². The van der Waals surface area contributed by atoms with Gasteiger partial charge in [0.1, 0.15) is 0 Å². The van der Waals surface area contributed by atoms with E-state index in [-0.39, 0.29) is 24.0 Å². The molecule has 1 aromatic rings. The van der Waals surface area contributed by atoms with Crippen molar-refractivity contribution in [2.24, 2.45) is 10.4 Å². The molecule has 0 heterocycles. The van der Waals surface area contributed by atoms with Crippen LogP contribution in [0.25, 0.3) is 0 Å². The van der Waals surface area contributed by atoms with Crippen molar-refractivity contribution in [3.63, 3.8) is 0 Å². The number of aliphatic imine (C=N–C) groups is 1. The molecule has 1 fully saturated rings. The quantitative estimate of drug-likeness (QED) is 0.375. The molecule has 1 saturated carbocycles. The van der Waals surface area contributed by atoms with Crippen LogP contribution in [-0.4, -0.2) is 33.3 Å². The van der Waals surface area contributed by atoms with Gasteiger partial charge >= 0.3 is 0 Å². The summed E-state index contributed by atoms with van der Waals surface area (Å²) in [5.41, 5.74) is 2.15. The Balaban J connectivity index is 0.00000312. The van der Waals surface area contributed by atoms with Crippen LogP contribution in [0, 0.1) is 16.7 Å². The average Bonchev–Trinajstić information content (AvgIpc) is 3.10. The summed E-state index contributed by atoms with van der Waals surface area (Å²) < 4.78 is 5.29. The van der Waals surface area contributed by atoms with Crippen molar-refractivity contribution in [1.29, 1.82) is 5.26 Å². The smallest absolute Gasteiger partial charge is 0.191 e. The third-order valence-electron chi connectivity index (χ3n) is 4.90. The highest BCUT2D eigenvalue weighted by atomic mass is 127. The molecule has 0 radical (unpaired) electrons. The van der Waals surface area contributed by atoms with Crippen molar-refractivity contribution in [3.8, 4) is 6.07 Å². The van der Waals surface area contributed by atoms with Gasteiger partial charge in [-0.05, 0) is 42.4 Å². The van der Waals surface area contributed by atoms with Crippen LogP contribution in [0.3, 0.4) is 0 Å². The standard InChI is InChI=1S/C19H28N4O.HI/c1-21-18(22-14-17-7-5-16(13-20)6-8-17)23-15-19(11-12-24-2)9-3-4-10-19;/h5-8H,3-4,9-12,14-15H2,1-2H3,(H2,21,22,23);1H. The van der Waals surface area contributed by atoms with Gasteiger partial charge in [0.25, 0.3) is 0 Å². The van der Waals surface area contributed by atoms with E-state index >= 15 is 0 Å². The first kappa shape index (κ1) is 21.7. The molecule has 0 aliphatic heterocycles. The topological polar surface area (TPSA) is 69.4 Å². The molecule has 25 heavy (non-hydrogen) atoms. The summed E-state index contributed by atoms with van der Waals surface area (Å²) in [5, 5.41) is 15.7. The first-order valence-corrected chi connectivity index (χ1v) is 8.64. The van der Waals surface area contributed by atoms with Gasteiger partial charge in [0.15, 0.2) is 5.96 Å². The first-order chi connectivity index (χ1) is 11.7. The van der Waals surface area contributed by atoms with Gasteiger partial charge in [-0.1, -0.05) is 25.0 Å². The molecule has 0 bridgehead atoms. The highest BCUT2D eigenvalue weighted by Crippen LogP contribution is 2.40. The Bertz CT molecular complexity index is 574. The van der Waals surface area contributed by atoms with Crippen molar-refractivity contribution in [2.75, 3.05) is 27.3 Å². The summed E-state index contributed by atoms with van der Waals surface area (Å²) in [4.78, 5) is 4.32. The fourth-order valence-corrected chi connectivity index (χ4v) is 3.33. The molecular formula is C19H29IN4O. The van der Waals surface area contributed by atoms with E-state index in [1.807, 2.05) is 24.3 Å². The zero-order chi connectivity index (χ0) is 17.3. The minimum Gasteiger partial charge on any atom is -0.385 e. The second-order valence-corrected chi connectivity index (χ2v) is 6.54. The summed E-state index contributed by atoms with van der Waals surface area (Å²) >= 11 is 0. The Kier molecular flexibility index (Phi) is 9.83. The lowest BCUT2D eigenvalue weighted by Gasteiger charge is -2.30. The maximum atomic E-state index is 8.84. The molecule has 5 nitrogen and oxygen atoms in total. The van der Waals surface area contributed by atoms with Crippen molar-refractivity contribution in [2.45, 2.75) is 38.6 Å². The summed E-state index contributed by atoms with van der Waals surface area (Å²) in [6.07, 6.45) is 6.24. The monoisotopic (exact) mass is 456 g/mol. The van der Waals surface area contributed by atoms with Gasteiger partial charge in [0, 0.05) is 33.9 Å². The van der Waals surface area contributed by atoms with Crippen LogP contribution >= 0.6 is 24.0 Å². The molecule has 0 atom stereocenters. The normalized spacial score (nSPS) is 16.0. The number of nitriles is 1. The van der Waals surface area contributed by atoms with Gasteiger partial charge < -0.3 is 15.4 Å². The van der Waals surface area contributed by atoms with Crippen LogP contribution in [0.2, 0.25) is 0 Å². The molecule has 1 aliphatic carbocycles. The highest BCUT2D eigenvalue weighted by molar-refractivity contribution is 14.0. The summed E-state index contributed by atoms with van der Waals surface area (Å²) in [7, 11) is 3.57. The number of nitrogens with zero attached hydrogens (tertiary/aromatic N) is 2. The molecule has 0 unspecified atom stereocenters. The van der Waals surface area contributed by atoms with Crippen LogP contribution in [-0.2, 0) is 11.3 Å². The number of ether oxygens (including phenoxy) is 1. The van der Waals surface area contributed by atoms with Crippen molar-refractivity contribution in [1.82, 2.24) is 10.6 Å². The van der Waals surface area contributed by atoms with Crippen LogP contribution in [0.15, 0.2) is 29.3 Å². The van der Waals surface area contributed by atoms with Crippen molar-refractivity contribution >= 4 is 29.9 Å². The van der Waals surface area contributed by atoms with Gasteiger partial charge in [0.2, 0.25) is 0 Å². The van der Waals surface area contributed by atoms with E-state index in [0.717, 1.165) is 31.1 Å². The van der Waals surface area contributed by atoms with Gasteiger partial charge in [0.05, 0.1) is 11.6 Å². The number of halogens is 1. The van der Waals surface area contributed by atoms with Crippen LogP contribution in [0.1, 0.15) is 43.2 Å². The molecule has 6 heteroatoms. The number of nitrogens with one attached hydrogen (secondary N) is 2.